The summed E-state index contributed by atoms with van der Waals surface area (Å²) in [4.78, 5) is 4.14. The molecule has 16 heavy (non-hydrogen) atoms. The lowest BCUT2D eigenvalue weighted by atomic mass is 10.0. The molecule has 1 saturated heterocycles. The van der Waals surface area contributed by atoms with Crippen molar-refractivity contribution in [2.75, 3.05) is 19.7 Å². The lowest BCUT2D eigenvalue weighted by Crippen LogP contribution is -2.33. The Hall–Kier alpha value is -1.45. The molecule has 1 fully saturated rings. The van der Waals surface area contributed by atoms with Crippen LogP contribution in [0.3, 0.4) is 0 Å². The monoisotopic (exact) mass is 214 g/mol. The van der Waals surface area contributed by atoms with Gasteiger partial charge in [-0.15, -0.1) is 0 Å². The van der Waals surface area contributed by atoms with Gasteiger partial charge in [0.15, 0.2) is 0 Å². The first-order chi connectivity index (χ1) is 7.93. The van der Waals surface area contributed by atoms with Crippen LogP contribution >= 0.6 is 0 Å². The lowest BCUT2D eigenvalue weighted by molar-refractivity contribution is 0.0278. The number of aromatic nitrogens is 1. The molecule has 1 atom stereocenters. The van der Waals surface area contributed by atoms with Gasteiger partial charge in [0.05, 0.1) is 12.7 Å². The fourth-order valence-corrected chi connectivity index (χ4v) is 2.08. The molecule has 1 N–H and O–H groups in total. The van der Waals surface area contributed by atoms with Crippen LogP contribution in [0.1, 0.15) is 11.7 Å². The predicted molar refractivity (Wildman–Crippen MR) is 63.3 cm³/mol. The van der Waals surface area contributed by atoms with E-state index >= 15 is 0 Å². The number of pyridine rings is 1. The van der Waals surface area contributed by atoms with E-state index in [1.165, 1.54) is 16.3 Å². The number of fused-ring (bicyclic) bond motifs is 1. The molecule has 0 saturated carbocycles. The molecule has 2 heterocycles. The van der Waals surface area contributed by atoms with E-state index in [0.717, 1.165) is 19.7 Å². The molecular weight excluding hydrogens is 200 g/mol. The van der Waals surface area contributed by atoms with Crippen LogP contribution in [-0.4, -0.2) is 24.7 Å². The van der Waals surface area contributed by atoms with Gasteiger partial charge in [-0.05, 0) is 23.1 Å². The Bertz CT molecular complexity index is 492. The van der Waals surface area contributed by atoms with E-state index in [1.54, 1.807) is 0 Å². The Morgan fingerprint density at radius 2 is 2.25 bits per heavy atom. The van der Waals surface area contributed by atoms with Gasteiger partial charge in [-0.1, -0.05) is 12.1 Å². The van der Waals surface area contributed by atoms with E-state index < -0.39 is 0 Å². The van der Waals surface area contributed by atoms with Crippen molar-refractivity contribution in [3.05, 3.63) is 42.2 Å². The molecule has 1 aromatic heterocycles. The summed E-state index contributed by atoms with van der Waals surface area (Å²) in [5.41, 5.74) is 1.23. The van der Waals surface area contributed by atoms with Gasteiger partial charge in [0.2, 0.25) is 0 Å². The van der Waals surface area contributed by atoms with Crippen molar-refractivity contribution < 1.29 is 4.74 Å². The van der Waals surface area contributed by atoms with Gasteiger partial charge in [0.25, 0.3) is 0 Å². The summed E-state index contributed by atoms with van der Waals surface area (Å²) in [6.07, 6.45) is 3.90. The zero-order valence-electron chi connectivity index (χ0n) is 9.02. The maximum absolute atomic E-state index is 5.73. The number of hydrogen-bond acceptors (Lipinski definition) is 3. The van der Waals surface area contributed by atoms with Crippen molar-refractivity contribution in [3.8, 4) is 0 Å². The zero-order valence-corrected chi connectivity index (χ0v) is 9.02. The van der Waals surface area contributed by atoms with Gasteiger partial charge in [-0.2, -0.15) is 0 Å². The highest BCUT2D eigenvalue weighted by molar-refractivity contribution is 5.82. The number of morpholine rings is 1. The minimum atomic E-state index is 0.179. The molecule has 1 unspecified atom stereocenters. The number of nitrogens with zero attached hydrogens (tertiary/aromatic N) is 1. The average molecular weight is 214 g/mol. The van der Waals surface area contributed by atoms with Crippen molar-refractivity contribution in [1.29, 1.82) is 0 Å². The highest BCUT2D eigenvalue weighted by Gasteiger charge is 2.15. The van der Waals surface area contributed by atoms with E-state index in [2.05, 4.69) is 28.5 Å². The Labute approximate surface area is 94.5 Å². The van der Waals surface area contributed by atoms with Crippen LogP contribution in [0, 0.1) is 0 Å². The van der Waals surface area contributed by atoms with Gasteiger partial charge < -0.3 is 10.1 Å². The smallest absolute Gasteiger partial charge is 0.0950 e. The van der Waals surface area contributed by atoms with Crippen LogP contribution in [0.4, 0.5) is 0 Å². The first-order valence-corrected chi connectivity index (χ1v) is 5.59. The van der Waals surface area contributed by atoms with Crippen molar-refractivity contribution in [3.63, 3.8) is 0 Å². The summed E-state index contributed by atoms with van der Waals surface area (Å²) in [7, 11) is 0. The Morgan fingerprint density at radius 1 is 1.25 bits per heavy atom. The third kappa shape index (κ3) is 1.79. The number of ether oxygens (including phenoxy) is 1. The topological polar surface area (TPSA) is 34.1 Å². The van der Waals surface area contributed by atoms with Gasteiger partial charge in [-0.3, -0.25) is 4.98 Å². The van der Waals surface area contributed by atoms with Crippen molar-refractivity contribution in [2.45, 2.75) is 6.10 Å². The average Bonchev–Trinajstić information content (AvgIpc) is 2.39. The Morgan fingerprint density at radius 3 is 3.12 bits per heavy atom. The van der Waals surface area contributed by atoms with E-state index in [4.69, 9.17) is 4.74 Å². The minimum Gasteiger partial charge on any atom is -0.371 e. The predicted octanol–water partition coefficient (Wildman–Crippen LogP) is 1.90. The molecule has 1 aromatic carbocycles. The third-order valence-electron chi connectivity index (χ3n) is 2.96. The summed E-state index contributed by atoms with van der Waals surface area (Å²) in [6, 6.07) is 8.46. The van der Waals surface area contributed by atoms with Crippen LogP contribution in [0.2, 0.25) is 0 Å². The van der Waals surface area contributed by atoms with Crippen LogP contribution < -0.4 is 5.32 Å². The molecule has 1 aliphatic heterocycles. The minimum absolute atomic E-state index is 0.179. The summed E-state index contributed by atoms with van der Waals surface area (Å²) in [5.74, 6) is 0. The highest BCUT2D eigenvalue weighted by atomic mass is 16.5. The third-order valence-corrected chi connectivity index (χ3v) is 2.96. The van der Waals surface area contributed by atoms with E-state index in [9.17, 15) is 0 Å². The molecule has 0 spiro atoms. The second kappa shape index (κ2) is 4.20. The number of hydrogen-bond donors (Lipinski definition) is 1. The van der Waals surface area contributed by atoms with Crippen molar-refractivity contribution in [2.24, 2.45) is 0 Å². The molecule has 1 aliphatic rings. The lowest BCUT2D eigenvalue weighted by Gasteiger charge is -2.24. The van der Waals surface area contributed by atoms with E-state index in [0.29, 0.717) is 0 Å². The largest absolute Gasteiger partial charge is 0.371 e. The number of benzene rings is 1. The van der Waals surface area contributed by atoms with Gasteiger partial charge in [0.1, 0.15) is 0 Å². The number of nitrogens with one attached hydrogen (secondary N) is 1. The molecule has 3 heteroatoms. The molecule has 0 aliphatic carbocycles. The number of rotatable bonds is 1. The second-order valence-electron chi connectivity index (χ2n) is 4.05. The first-order valence-electron chi connectivity index (χ1n) is 5.59. The van der Waals surface area contributed by atoms with Crippen molar-refractivity contribution >= 4 is 10.8 Å². The standard InChI is InChI=1S/C13H14N2O/c1-2-11(13-9-15-5-6-16-13)7-12-8-14-4-3-10(1)12/h1-4,7-8,13,15H,5-6,9H2. The van der Waals surface area contributed by atoms with Crippen LogP contribution in [0.15, 0.2) is 36.7 Å². The summed E-state index contributed by atoms with van der Waals surface area (Å²) >= 11 is 0. The first kappa shape index (κ1) is 9.75. The highest BCUT2D eigenvalue weighted by Crippen LogP contribution is 2.22. The molecule has 3 rings (SSSR count). The molecule has 2 aromatic rings. The molecule has 0 amide bonds. The van der Waals surface area contributed by atoms with Crippen LogP contribution in [0.5, 0.6) is 0 Å². The molecule has 3 nitrogen and oxygen atoms in total. The Kier molecular flexibility index (Phi) is 2.56. The SMILES string of the molecule is c1cc2ccc(C3CNCCO3)cc2cn1. The summed E-state index contributed by atoms with van der Waals surface area (Å²) < 4.78 is 5.73. The van der Waals surface area contributed by atoms with Gasteiger partial charge >= 0.3 is 0 Å². The zero-order chi connectivity index (χ0) is 10.8. The van der Waals surface area contributed by atoms with Gasteiger partial charge in [0, 0.05) is 30.9 Å². The fraction of sp³-hybridized carbons (Fsp3) is 0.308. The van der Waals surface area contributed by atoms with Crippen LogP contribution in [0.25, 0.3) is 10.8 Å². The van der Waals surface area contributed by atoms with Gasteiger partial charge in [-0.25, -0.2) is 0 Å². The second-order valence-corrected chi connectivity index (χ2v) is 4.05. The summed E-state index contributed by atoms with van der Waals surface area (Å²) in [6.45, 7) is 2.63. The molecule has 0 bridgehead atoms. The summed E-state index contributed by atoms with van der Waals surface area (Å²) in [5, 5.41) is 5.74. The van der Waals surface area contributed by atoms with E-state index in [-0.39, 0.29) is 6.10 Å². The Balaban J connectivity index is 1.97. The molecule has 82 valence electrons. The maximum atomic E-state index is 5.73. The quantitative estimate of drug-likeness (QED) is 0.787. The maximum Gasteiger partial charge on any atom is 0.0950 e. The molecule has 0 radical (unpaired) electrons. The fourth-order valence-electron chi connectivity index (χ4n) is 2.08. The molecular formula is C13H14N2O. The normalized spacial score (nSPS) is 21.1. The van der Waals surface area contributed by atoms with Crippen molar-refractivity contribution in [1.82, 2.24) is 10.3 Å². The van der Waals surface area contributed by atoms with Crippen LogP contribution in [-0.2, 0) is 4.74 Å². The van der Waals surface area contributed by atoms with E-state index in [1.807, 2.05) is 18.5 Å².